The van der Waals surface area contributed by atoms with Crippen LogP contribution in [0, 0.1) is 29.3 Å². The molecule has 222 valence electrons. The number of aliphatic hydroxyl groups is 1. The van der Waals surface area contributed by atoms with Gasteiger partial charge >= 0.3 is 6.18 Å². The molecule has 0 aromatic heterocycles. The second kappa shape index (κ2) is 14.3. The van der Waals surface area contributed by atoms with Crippen molar-refractivity contribution in [3.63, 3.8) is 0 Å². The summed E-state index contributed by atoms with van der Waals surface area (Å²) in [4.78, 5) is 39.9. The zero-order chi connectivity index (χ0) is 30.2. The lowest BCUT2D eigenvalue weighted by Crippen LogP contribution is -2.54. The van der Waals surface area contributed by atoms with Crippen molar-refractivity contribution in [1.29, 1.82) is 0 Å². The number of halogens is 6. The van der Waals surface area contributed by atoms with Gasteiger partial charge in [-0.2, -0.15) is 13.2 Å². The molecule has 4 atom stereocenters. The molecule has 1 aromatic carbocycles. The molecule has 4 unspecified atom stereocenters. The minimum absolute atomic E-state index is 0.144. The van der Waals surface area contributed by atoms with Gasteiger partial charge in [0.05, 0.1) is 11.7 Å². The molecule has 7 N–H and O–H groups in total. The maximum absolute atomic E-state index is 13.6. The van der Waals surface area contributed by atoms with Gasteiger partial charge in [-0.3, -0.25) is 14.4 Å². The van der Waals surface area contributed by atoms with E-state index in [2.05, 4.69) is 10.6 Å². The number of carbonyl (C=O) groups excluding carboxylic acids is 3. The Kier molecular flexibility index (Phi) is 11.7. The van der Waals surface area contributed by atoms with Crippen LogP contribution in [0.4, 0.5) is 32.0 Å². The van der Waals surface area contributed by atoms with Crippen LogP contribution in [0.5, 0.6) is 0 Å². The first-order valence-corrected chi connectivity index (χ1v) is 12.3. The van der Waals surface area contributed by atoms with Gasteiger partial charge in [0, 0.05) is 62.3 Å². The lowest BCUT2D eigenvalue weighted by molar-refractivity contribution is -0.137. The normalized spacial score (nSPS) is 17.4. The number of benzene rings is 1. The summed E-state index contributed by atoms with van der Waals surface area (Å²) in [5.74, 6) is -9.70. The van der Waals surface area contributed by atoms with Crippen LogP contribution in [-0.4, -0.2) is 72.2 Å². The van der Waals surface area contributed by atoms with E-state index in [-0.39, 0.29) is 39.0 Å². The third-order valence-corrected chi connectivity index (χ3v) is 6.15. The van der Waals surface area contributed by atoms with Crippen molar-refractivity contribution in [3.05, 3.63) is 53.4 Å². The van der Waals surface area contributed by atoms with Gasteiger partial charge < -0.3 is 32.1 Å². The van der Waals surface area contributed by atoms with Gasteiger partial charge in [-0.05, 0) is 6.42 Å². The summed E-state index contributed by atoms with van der Waals surface area (Å²) in [5, 5.41) is 15.2. The Morgan fingerprint density at radius 3 is 2.12 bits per heavy atom. The van der Waals surface area contributed by atoms with Crippen LogP contribution in [0.25, 0.3) is 0 Å². The number of alkyl halides is 3. The highest BCUT2D eigenvalue weighted by Crippen LogP contribution is 2.32. The zero-order valence-corrected chi connectivity index (χ0v) is 21.5. The van der Waals surface area contributed by atoms with Crippen molar-refractivity contribution in [2.24, 2.45) is 23.3 Å². The molecule has 0 heterocycles. The number of hydrogen-bond donors (Lipinski definition) is 5. The summed E-state index contributed by atoms with van der Waals surface area (Å²) in [6, 6.07) is -0.919. The highest BCUT2D eigenvalue weighted by Gasteiger charge is 2.38. The van der Waals surface area contributed by atoms with E-state index in [1.54, 1.807) is 0 Å². The number of nitrogens with two attached hydrogens (primary N) is 2. The minimum atomic E-state index is -4.64. The van der Waals surface area contributed by atoms with Gasteiger partial charge in [0.2, 0.25) is 17.7 Å². The average Bonchev–Trinajstić information content (AvgIpc) is 2.89. The number of hydrogen-bond acceptors (Lipinski definition) is 6. The molecule has 0 bridgehead atoms. The van der Waals surface area contributed by atoms with E-state index in [1.165, 1.54) is 11.8 Å². The minimum Gasteiger partial charge on any atom is -0.390 e. The van der Waals surface area contributed by atoms with E-state index in [0.29, 0.717) is 18.2 Å². The number of carbonyl (C=O) groups is 3. The Bertz CT molecular complexity index is 1110. The van der Waals surface area contributed by atoms with Crippen molar-refractivity contribution in [1.82, 2.24) is 10.2 Å². The van der Waals surface area contributed by atoms with E-state index in [4.69, 9.17) is 11.5 Å². The van der Waals surface area contributed by atoms with Gasteiger partial charge in [-0.15, -0.1) is 0 Å². The number of amides is 3. The molecule has 1 aromatic rings. The highest BCUT2D eigenvalue weighted by atomic mass is 19.4. The van der Waals surface area contributed by atoms with Crippen LogP contribution in [0.3, 0.4) is 0 Å². The van der Waals surface area contributed by atoms with Gasteiger partial charge in [0.25, 0.3) is 0 Å². The van der Waals surface area contributed by atoms with E-state index >= 15 is 0 Å². The van der Waals surface area contributed by atoms with Crippen molar-refractivity contribution in [2.75, 3.05) is 31.5 Å². The molecule has 40 heavy (non-hydrogen) atoms. The summed E-state index contributed by atoms with van der Waals surface area (Å²) in [7, 11) is 0. The molecule has 1 aliphatic rings. The Labute approximate surface area is 226 Å². The maximum Gasteiger partial charge on any atom is 0.416 e. The summed E-state index contributed by atoms with van der Waals surface area (Å²) in [5.41, 5.74) is 9.46. The highest BCUT2D eigenvalue weighted by molar-refractivity contribution is 5.98. The molecule has 0 saturated heterocycles. The molecule has 0 spiro atoms. The van der Waals surface area contributed by atoms with Crippen molar-refractivity contribution in [3.8, 4) is 0 Å². The van der Waals surface area contributed by atoms with Crippen molar-refractivity contribution in [2.45, 2.75) is 38.1 Å². The zero-order valence-electron chi connectivity index (χ0n) is 21.5. The summed E-state index contributed by atoms with van der Waals surface area (Å²) in [6.07, 6.45) is -4.60. The summed E-state index contributed by atoms with van der Waals surface area (Å²) < 4.78 is 79.5. The summed E-state index contributed by atoms with van der Waals surface area (Å²) in [6.45, 7) is 2.01. The summed E-state index contributed by atoms with van der Waals surface area (Å²) >= 11 is 0. The fraction of sp³-hybridized carbons (Fsp3) is 0.480. The molecular formula is C25H31F6N5O4. The first kappa shape index (κ1) is 32.8. The second-order valence-corrected chi connectivity index (χ2v) is 9.20. The van der Waals surface area contributed by atoms with Crippen molar-refractivity contribution < 1.29 is 45.8 Å². The monoisotopic (exact) mass is 579 g/mol. The van der Waals surface area contributed by atoms with Crippen molar-refractivity contribution >= 4 is 23.4 Å². The average molecular weight is 580 g/mol. The topological polar surface area (TPSA) is 151 Å². The van der Waals surface area contributed by atoms with Crippen LogP contribution >= 0.6 is 0 Å². The van der Waals surface area contributed by atoms with Gasteiger partial charge in [-0.1, -0.05) is 25.2 Å². The lowest BCUT2D eigenvalue weighted by Gasteiger charge is -2.30. The smallest absolute Gasteiger partial charge is 0.390 e. The molecule has 0 saturated carbocycles. The molecule has 9 nitrogen and oxygen atoms in total. The van der Waals surface area contributed by atoms with Gasteiger partial charge in [0.15, 0.2) is 17.5 Å². The molecule has 0 fully saturated rings. The molecule has 3 amide bonds. The predicted molar refractivity (Wildman–Crippen MR) is 133 cm³/mol. The number of allylic oxidation sites excluding steroid dienone is 3. The van der Waals surface area contributed by atoms with Crippen LogP contribution in [-0.2, 0) is 14.4 Å². The quantitative estimate of drug-likeness (QED) is 0.188. The lowest BCUT2D eigenvalue weighted by atomic mass is 9.87. The van der Waals surface area contributed by atoms with E-state index < -0.39 is 76.6 Å². The second-order valence-electron chi connectivity index (χ2n) is 9.20. The largest absolute Gasteiger partial charge is 0.416 e. The van der Waals surface area contributed by atoms with Crippen LogP contribution in [0.1, 0.15) is 19.8 Å². The standard InChI is InChI=1S/C25H31F6N5O4/c1-13(10-19(37)36(8-6-32)9-7-33)23(39)35-21(22(38)14-2-4-15(5-3-14)25(29,30)31)24(40)34-16-11-17(26)20(28)18(27)12-16/h2,4-5,11-14,21-22,38H,3,6-10,32-33H2,1H3,(H,34,40)(H,35,39). The third kappa shape index (κ3) is 8.79. The Morgan fingerprint density at radius 1 is 1.07 bits per heavy atom. The molecule has 0 aliphatic heterocycles. The first-order chi connectivity index (χ1) is 18.7. The van der Waals surface area contributed by atoms with Gasteiger partial charge in [-0.25, -0.2) is 13.2 Å². The fourth-order valence-corrected chi connectivity index (χ4v) is 3.95. The molecular weight excluding hydrogens is 548 g/mol. The fourth-order valence-electron chi connectivity index (χ4n) is 3.95. The Hall–Kier alpha value is -3.43. The van der Waals surface area contributed by atoms with Crippen LogP contribution in [0.2, 0.25) is 0 Å². The number of anilines is 1. The number of nitrogens with zero attached hydrogens (tertiary/aromatic N) is 1. The van der Waals surface area contributed by atoms with E-state index in [9.17, 15) is 45.8 Å². The van der Waals surface area contributed by atoms with E-state index in [0.717, 1.165) is 12.2 Å². The molecule has 15 heteroatoms. The molecule has 1 aliphatic carbocycles. The predicted octanol–water partition coefficient (Wildman–Crippen LogP) is 1.73. The molecule has 0 radical (unpaired) electrons. The Balaban J connectivity index is 2.26. The SMILES string of the molecule is CC(CC(=O)N(CCN)CCN)C(=O)NC(C(=O)Nc1cc(F)c(F)c(F)c1)C(O)C1C=CC(C(F)(F)F)=CC1. The van der Waals surface area contributed by atoms with Crippen LogP contribution in [0.15, 0.2) is 35.9 Å². The number of rotatable bonds is 12. The van der Waals surface area contributed by atoms with Crippen LogP contribution < -0.4 is 22.1 Å². The van der Waals surface area contributed by atoms with Gasteiger partial charge in [0.1, 0.15) is 6.04 Å². The third-order valence-electron chi connectivity index (χ3n) is 6.15. The molecule has 2 rings (SSSR count). The van der Waals surface area contributed by atoms with E-state index in [1.807, 2.05) is 0 Å². The maximum atomic E-state index is 13.6. The Morgan fingerprint density at radius 2 is 1.65 bits per heavy atom. The number of aliphatic hydroxyl groups excluding tert-OH is 1. The first-order valence-electron chi connectivity index (χ1n) is 12.3. The number of nitrogens with one attached hydrogen (secondary N) is 2.